The van der Waals surface area contributed by atoms with Crippen molar-refractivity contribution < 1.29 is 0 Å². The largest absolute Gasteiger partial charge is 0.291 e. The number of hydrogen-bond donors (Lipinski definition) is 0. The quantitative estimate of drug-likeness (QED) is 0.454. The van der Waals surface area contributed by atoms with E-state index in [0.29, 0.717) is 6.54 Å². The normalized spacial score (nSPS) is 11.8. The first-order valence-electron chi connectivity index (χ1n) is 7.65. The zero-order valence-corrected chi connectivity index (χ0v) is 14.9. The molecule has 0 aliphatic heterocycles. The fourth-order valence-corrected chi connectivity index (χ4v) is 1.48. The highest BCUT2D eigenvalue weighted by Crippen LogP contribution is 2.02. The van der Waals surface area contributed by atoms with Gasteiger partial charge in [-0.25, -0.2) is 0 Å². The Labute approximate surface area is 138 Å². The molecule has 0 saturated carbocycles. The van der Waals surface area contributed by atoms with E-state index < -0.39 is 0 Å². The minimum Gasteiger partial charge on any atom is -0.291 e. The van der Waals surface area contributed by atoms with Gasteiger partial charge in [0, 0.05) is 12.1 Å². The molecule has 0 bridgehead atoms. The standard InChI is InChI=1S/C19H25N.C2H6/c1-7-12-19(10-4)16-20(6)14-11-13-18(9-3)15-17(5)8-2;1-2/h7-10,12,15H,1-2,4,14,16H2,3,5-6H3;1-2H3/b17-15-,18-9-,19-12+;. The Balaban J connectivity index is 0. The van der Waals surface area contributed by atoms with E-state index in [-0.39, 0.29) is 0 Å². The van der Waals surface area contributed by atoms with Gasteiger partial charge in [-0.05, 0) is 32.5 Å². The summed E-state index contributed by atoms with van der Waals surface area (Å²) in [5.74, 6) is 6.35. The maximum absolute atomic E-state index is 3.79. The lowest BCUT2D eigenvalue weighted by molar-refractivity contribution is 0.412. The molecular weight excluding hydrogens is 266 g/mol. The second kappa shape index (κ2) is 15.4. The Morgan fingerprint density at radius 2 is 1.77 bits per heavy atom. The first-order chi connectivity index (χ1) is 10.6. The van der Waals surface area contributed by atoms with Crippen LogP contribution in [0.15, 0.2) is 72.9 Å². The molecular formula is C21H31N. The lowest BCUT2D eigenvalue weighted by Crippen LogP contribution is -2.20. The summed E-state index contributed by atoms with van der Waals surface area (Å²) in [4.78, 5) is 2.14. The van der Waals surface area contributed by atoms with Gasteiger partial charge in [-0.15, -0.1) is 0 Å². The Bertz CT molecular complexity index is 490. The monoisotopic (exact) mass is 297 g/mol. The van der Waals surface area contributed by atoms with Crippen molar-refractivity contribution >= 4 is 0 Å². The van der Waals surface area contributed by atoms with Gasteiger partial charge in [0.05, 0.1) is 6.54 Å². The summed E-state index contributed by atoms with van der Waals surface area (Å²) in [5.41, 5.74) is 3.27. The van der Waals surface area contributed by atoms with E-state index in [9.17, 15) is 0 Å². The van der Waals surface area contributed by atoms with Crippen molar-refractivity contribution in [3.63, 3.8) is 0 Å². The highest BCUT2D eigenvalue weighted by Gasteiger charge is 1.97. The van der Waals surface area contributed by atoms with Crippen LogP contribution in [0.25, 0.3) is 0 Å². The van der Waals surface area contributed by atoms with Gasteiger partial charge in [-0.1, -0.05) is 81.4 Å². The molecule has 0 aromatic heterocycles. The Hall–Kier alpha value is -2.04. The SMILES string of the molecule is C=C/C=C(\C=C)CN(C)CC#CC(/C=C(/C)C=C)=C/C.CC. The second-order valence-electron chi connectivity index (χ2n) is 4.49. The zero-order chi connectivity index (χ0) is 17.4. The van der Waals surface area contributed by atoms with Gasteiger partial charge in [0.25, 0.3) is 0 Å². The molecule has 0 rings (SSSR count). The molecule has 0 aliphatic carbocycles. The Morgan fingerprint density at radius 1 is 1.14 bits per heavy atom. The molecule has 0 aliphatic rings. The van der Waals surface area contributed by atoms with Crippen molar-refractivity contribution in [1.29, 1.82) is 0 Å². The number of nitrogens with zero attached hydrogens (tertiary/aromatic N) is 1. The third-order valence-corrected chi connectivity index (χ3v) is 2.64. The molecule has 22 heavy (non-hydrogen) atoms. The van der Waals surface area contributed by atoms with Crippen LogP contribution in [-0.2, 0) is 0 Å². The first-order valence-corrected chi connectivity index (χ1v) is 7.65. The van der Waals surface area contributed by atoms with E-state index in [4.69, 9.17) is 0 Å². The average molecular weight is 297 g/mol. The molecule has 0 atom stereocenters. The van der Waals surface area contributed by atoms with Crippen molar-refractivity contribution in [3.8, 4) is 11.8 Å². The molecule has 0 aromatic rings. The van der Waals surface area contributed by atoms with Crippen LogP contribution in [0.4, 0.5) is 0 Å². The van der Waals surface area contributed by atoms with Crippen LogP contribution >= 0.6 is 0 Å². The van der Waals surface area contributed by atoms with E-state index in [1.54, 1.807) is 6.08 Å². The van der Waals surface area contributed by atoms with Crippen LogP contribution in [-0.4, -0.2) is 25.0 Å². The third kappa shape index (κ3) is 11.8. The average Bonchev–Trinajstić information content (AvgIpc) is 2.54. The molecule has 0 radical (unpaired) electrons. The van der Waals surface area contributed by atoms with Gasteiger partial charge in [0.15, 0.2) is 0 Å². The number of rotatable bonds is 7. The van der Waals surface area contributed by atoms with E-state index in [1.807, 2.05) is 65.1 Å². The summed E-state index contributed by atoms with van der Waals surface area (Å²) < 4.78 is 0. The van der Waals surface area contributed by atoms with Crippen LogP contribution in [0, 0.1) is 11.8 Å². The summed E-state index contributed by atoms with van der Waals surface area (Å²) in [6.45, 7) is 20.8. The predicted molar refractivity (Wildman–Crippen MR) is 103 cm³/mol. The van der Waals surface area contributed by atoms with Crippen LogP contribution in [0.2, 0.25) is 0 Å². The zero-order valence-electron chi connectivity index (χ0n) is 14.9. The van der Waals surface area contributed by atoms with Crippen molar-refractivity contribution in [2.45, 2.75) is 27.7 Å². The first kappa shape index (κ1) is 22.2. The number of allylic oxidation sites excluding steroid dienone is 7. The van der Waals surface area contributed by atoms with Gasteiger partial charge in [0.1, 0.15) is 0 Å². The molecule has 0 spiro atoms. The van der Waals surface area contributed by atoms with E-state index in [0.717, 1.165) is 23.3 Å². The summed E-state index contributed by atoms with van der Waals surface area (Å²) in [7, 11) is 2.04. The van der Waals surface area contributed by atoms with Crippen molar-refractivity contribution in [3.05, 3.63) is 72.9 Å². The molecule has 0 N–H and O–H groups in total. The Morgan fingerprint density at radius 3 is 2.23 bits per heavy atom. The molecule has 120 valence electrons. The molecule has 0 unspecified atom stereocenters. The van der Waals surface area contributed by atoms with Crippen molar-refractivity contribution in [2.24, 2.45) is 0 Å². The maximum Gasteiger partial charge on any atom is 0.0605 e. The van der Waals surface area contributed by atoms with Crippen LogP contribution in [0.3, 0.4) is 0 Å². The van der Waals surface area contributed by atoms with Crippen LogP contribution < -0.4 is 0 Å². The molecule has 0 saturated heterocycles. The number of hydrogen-bond acceptors (Lipinski definition) is 1. The van der Waals surface area contributed by atoms with Gasteiger partial charge >= 0.3 is 0 Å². The predicted octanol–water partition coefficient (Wildman–Crippen LogP) is 5.32. The lowest BCUT2D eigenvalue weighted by Gasteiger charge is -2.13. The summed E-state index contributed by atoms with van der Waals surface area (Å²) >= 11 is 0. The highest BCUT2D eigenvalue weighted by atomic mass is 15.1. The highest BCUT2D eigenvalue weighted by molar-refractivity contribution is 5.41. The molecule has 1 nitrogen and oxygen atoms in total. The second-order valence-corrected chi connectivity index (χ2v) is 4.49. The van der Waals surface area contributed by atoms with E-state index >= 15 is 0 Å². The fraction of sp³-hybridized carbons (Fsp3) is 0.333. The fourth-order valence-electron chi connectivity index (χ4n) is 1.48. The maximum atomic E-state index is 3.79. The summed E-state index contributed by atoms with van der Waals surface area (Å²) in [6.07, 6.45) is 11.5. The molecule has 0 amide bonds. The Kier molecular flexibility index (Phi) is 15.5. The van der Waals surface area contributed by atoms with E-state index in [2.05, 4.69) is 36.5 Å². The third-order valence-electron chi connectivity index (χ3n) is 2.64. The van der Waals surface area contributed by atoms with Crippen molar-refractivity contribution in [2.75, 3.05) is 20.1 Å². The van der Waals surface area contributed by atoms with Gasteiger partial charge in [-0.2, -0.15) is 0 Å². The lowest BCUT2D eigenvalue weighted by atomic mass is 10.1. The summed E-state index contributed by atoms with van der Waals surface area (Å²) in [5, 5.41) is 0. The van der Waals surface area contributed by atoms with Gasteiger partial charge in [-0.3, -0.25) is 4.90 Å². The molecule has 1 heteroatoms. The van der Waals surface area contributed by atoms with Crippen LogP contribution in [0.1, 0.15) is 27.7 Å². The molecule has 0 heterocycles. The molecule has 0 aromatic carbocycles. The smallest absolute Gasteiger partial charge is 0.0605 e. The van der Waals surface area contributed by atoms with Crippen LogP contribution in [0.5, 0.6) is 0 Å². The molecule has 0 fully saturated rings. The van der Waals surface area contributed by atoms with E-state index in [1.165, 1.54) is 0 Å². The van der Waals surface area contributed by atoms with Crippen molar-refractivity contribution in [1.82, 2.24) is 4.90 Å². The minimum absolute atomic E-state index is 0.709. The minimum atomic E-state index is 0.709. The van der Waals surface area contributed by atoms with Gasteiger partial charge < -0.3 is 0 Å². The number of likely N-dealkylation sites (N-methyl/N-ethyl adjacent to an activating group) is 1. The van der Waals surface area contributed by atoms with Gasteiger partial charge in [0.2, 0.25) is 0 Å². The topological polar surface area (TPSA) is 3.24 Å². The summed E-state index contributed by atoms with van der Waals surface area (Å²) in [6, 6.07) is 0.